The smallest absolute Gasteiger partial charge is 0.437 e. The molecule has 0 saturated carbocycles. The molecule has 0 spiro atoms. The number of hydrogen-bond donors (Lipinski definition) is 1. The van der Waals surface area contributed by atoms with Gasteiger partial charge in [-0.2, -0.15) is 0 Å². The minimum Gasteiger partial charge on any atom is -0.444 e. The maximum Gasteiger partial charge on any atom is 0.437 e. The molecule has 2 amide bonds. The Morgan fingerprint density at radius 3 is 2.16 bits per heavy atom. The van der Waals surface area contributed by atoms with Crippen molar-refractivity contribution in [3.63, 3.8) is 0 Å². The Balaban J connectivity index is 2.18. The number of aliphatic imine (C=N–C) groups is 1. The van der Waals surface area contributed by atoms with E-state index in [2.05, 4.69) is 10.3 Å². The van der Waals surface area contributed by atoms with Gasteiger partial charge in [0, 0.05) is 0 Å². The van der Waals surface area contributed by atoms with E-state index in [4.69, 9.17) is 14.3 Å². The molecule has 2 bridgehead atoms. The average molecular weight is 353 g/mol. The first-order chi connectivity index (χ1) is 11.4. The second kappa shape index (κ2) is 7.03. The highest BCUT2D eigenvalue weighted by molar-refractivity contribution is 5.98. The van der Waals surface area contributed by atoms with Gasteiger partial charge in [0.1, 0.15) is 17.3 Å². The van der Waals surface area contributed by atoms with Gasteiger partial charge >= 0.3 is 12.2 Å². The van der Waals surface area contributed by atoms with Gasteiger partial charge < -0.3 is 9.47 Å². The molecule has 0 aromatic carbocycles. The van der Waals surface area contributed by atoms with Gasteiger partial charge in [-0.3, -0.25) is 10.2 Å². The van der Waals surface area contributed by atoms with E-state index < -0.39 is 23.4 Å². The normalized spacial score (nSPS) is 23.4. The van der Waals surface area contributed by atoms with E-state index in [1.165, 1.54) is 5.06 Å². The van der Waals surface area contributed by atoms with Crippen LogP contribution in [0.4, 0.5) is 9.59 Å². The molecular formula is C17H27N3O5. The Morgan fingerprint density at radius 1 is 1.08 bits per heavy atom. The van der Waals surface area contributed by atoms with Crippen molar-refractivity contribution in [2.45, 2.75) is 77.7 Å². The fourth-order valence-corrected chi connectivity index (χ4v) is 2.39. The van der Waals surface area contributed by atoms with Crippen molar-refractivity contribution in [3.05, 3.63) is 12.2 Å². The molecule has 2 unspecified atom stereocenters. The predicted molar refractivity (Wildman–Crippen MR) is 91.9 cm³/mol. The fraction of sp³-hybridized carbons (Fsp3) is 0.706. The lowest BCUT2D eigenvalue weighted by molar-refractivity contribution is -0.184. The summed E-state index contributed by atoms with van der Waals surface area (Å²) in [5.74, 6) is -0.0393. The molecule has 1 fully saturated rings. The predicted octanol–water partition coefficient (Wildman–Crippen LogP) is 3.14. The van der Waals surface area contributed by atoms with Gasteiger partial charge in [0.05, 0.1) is 6.04 Å². The van der Waals surface area contributed by atoms with Crippen molar-refractivity contribution in [1.29, 1.82) is 0 Å². The molecule has 0 radical (unpaired) electrons. The van der Waals surface area contributed by atoms with Crippen molar-refractivity contribution in [3.8, 4) is 0 Å². The number of carbonyl (C=O) groups excluding carboxylic acids is 2. The molecule has 8 nitrogen and oxygen atoms in total. The van der Waals surface area contributed by atoms with Crippen LogP contribution in [0.2, 0.25) is 0 Å². The number of nitrogens with zero attached hydrogens (tertiary/aromatic N) is 2. The van der Waals surface area contributed by atoms with Crippen molar-refractivity contribution in [2.75, 3.05) is 0 Å². The third-order valence-electron chi connectivity index (χ3n) is 3.26. The van der Waals surface area contributed by atoms with Crippen LogP contribution in [0.15, 0.2) is 17.1 Å². The summed E-state index contributed by atoms with van der Waals surface area (Å²) in [4.78, 5) is 33.8. The van der Waals surface area contributed by atoms with Crippen molar-refractivity contribution in [1.82, 2.24) is 10.4 Å². The zero-order valence-corrected chi connectivity index (χ0v) is 15.7. The largest absolute Gasteiger partial charge is 0.444 e. The quantitative estimate of drug-likeness (QED) is 0.409. The van der Waals surface area contributed by atoms with Gasteiger partial charge in [0.25, 0.3) is 0 Å². The van der Waals surface area contributed by atoms with Gasteiger partial charge in [0.2, 0.25) is 5.96 Å². The number of nitrogens with one attached hydrogen (secondary N) is 1. The van der Waals surface area contributed by atoms with E-state index >= 15 is 0 Å². The maximum absolute atomic E-state index is 12.1. The third-order valence-corrected chi connectivity index (χ3v) is 3.26. The molecule has 1 saturated heterocycles. The van der Waals surface area contributed by atoms with Crippen LogP contribution in [0.5, 0.6) is 0 Å². The highest BCUT2D eigenvalue weighted by atomic mass is 16.7. The Morgan fingerprint density at radius 2 is 1.72 bits per heavy atom. The number of rotatable bonds is 0. The summed E-state index contributed by atoms with van der Waals surface area (Å²) < 4.78 is 10.4. The van der Waals surface area contributed by atoms with Gasteiger partial charge in [-0.15, -0.1) is 4.99 Å². The van der Waals surface area contributed by atoms with Crippen LogP contribution < -0.4 is 5.32 Å². The van der Waals surface area contributed by atoms with Crippen LogP contribution in [0.3, 0.4) is 0 Å². The van der Waals surface area contributed by atoms with Gasteiger partial charge in [0.15, 0.2) is 0 Å². The minimum atomic E-state index is -0.812. The Bertz CT molecular complexity index is 586. The molecule has 25 heavy (non-hydrogen) atoms. The zero-order valence-electron chi connectivity index (χ0n) is 15.7. The van der Waals surface area contributed by atoms with E-state index in [0.717, 1.165) is 12.8 Å². The summed E-state index contributed by atoms with van der Waals surface area (Å²) in [6.07, 6.45) is 4.02. The average Bonchev–Trinajstić information content (AvgIpc) is 2.43. The first kappa shape index (κ1) is 19.2. The molecule has 8 heteroatoms. The number of guanidine groups is 1. The minimum absolute atomic E-state index is 0.0393. The molecule has 3 aliphatic rings. The third kappa shape index (κ3) is 6.04. The van der Waals surface area contributed by atoms with Crippen LogP contribution in [0.25, 0.3) is 0 Å². The summed E-state index contributed by atoms with van der Waals surface area (Å²) in [5, 5.41) is 3.93. The van der Waals surface area contributed by atoms with Gasteiger partial charge in [-0.05, 0) is 54.4 Å². The summed E-state index contributed by atoms with van der Waals surface area (Å²) in [6, 6.07) is -0.110. The van der Waals surface area contributed by atoms with E-state index in [0.29, 0.717) is 0 Å². The number of fused-ring (bicyclic) bond motifs is 2. The second-order valence-corrected chi connectivity index (χ2v) is 8.04. The Labute approximate surface area is 148 Å². The van der Waals surface area contributed by atoms with Crippen molar-refractivity contribution < 1.29 is 23.9 Å². The molecule has 1 aliphatic carbocycles. The van der Waals surface area contributed by atoms with E-state index in [1.54, 1.807) is 41.5 Å². The molecule has 2 heterocycles. The maximum atomic E-state index is 12.1. The summed E-state index contributed by atoms with van der Waals surface area (Å²) in [5.41, 5.74) is -1.37. The number of hydroxylamine groups is 2. The monoisotopic (exact) mass is 353 g/mol. The molecular weight excluding hydrogens is 326 g/mol. The standard InChI is InChI=1S/C17H27N3O5/c1-16(2,3)23-14(21)18-13(19-15(22)24-17(4,5)6)20-11-7-9-12(25-20)10-8-11/h7,9,11-12H,8,10H2,1-6H3,(H,18,19,21,22). The van der Waals surface area contributed by atoms with Crippen LogP contribution in [-0.2, 0) is 14.3 Å². The van der Waals surface area contributed by atoms with Crippen LogP contribution in [-0.4, -0.2) is 46.6 Å². The first-order valence-electron chi connectivity index (χ1n) is 8.39. The van der Waals surface area contributed by atoms with E-state index in [-0.39, 0.29) is 18.1 Å². The lowest BCUT2D eigenvalue weighted by Crippen LogP contribution is -2.55. The van der Waals surface area contributed by atoms with Gasteiger partial charge in [-0.1, -0.05) is 12.2 Å². The van der Waals surface area contributed by atoms with Crippen LogP contribution >= 0.6 is 0 Å². The molecule has 1 N–H and O–H groups in total. The zero-order chi connectivity index (χ0) is 18.8. The highest BCUT2D eigenvalue weighted by Gasteiger charge is 2.35. The molecule has 2 atom stereocenters. The number of amides is 2. The van der Waals surface area contributed by atoms with Crippen molar-refractivity contribution in [2.24, 2.45) is 4.99 Å². The highest BCUT2D eigenvalue weighted by Crippen LogP contribution is 2.27. The SMILES string of the molecule is CC(C)(C)OC(=O)/N=C(\NC(=O)OC(C)(C)C)N1OC2C=CC1CC2. The molecule has 2 aliphatic heterocycles. The van der Waals surface area contributed by atoms with Crippen LogP contribution in [0.1, 0.15) is 54.4 Å². The van der Waals surface area contributed by atoms with Gasteiger partial charge in [-0.25, -0.2) is 14.7 Å². The summed E-state index contributed by atoms with van der Waals surface area (Å²) in [7, 11) is 0. The fourth-order valence-electron chi connectivity index (χ4n) is 2.39. The van der Waals surface area contributed by atoms with Crippen molar-refractivity contribution >= 4 is 18.1 Å². The summed E-state index contributed by atoms with van der Waals surface area (Å²) in [6.45, 7) is 10.5. The first-order valence-corrected chi connectivity index (χ1v) is 8.39. The van der Waals surface area contributed by atoms with E-state index in [1.807, 2.05) is 12.2 Å². The molecule has 140 valence electrons. The molecule has 0 aromatic heterocycles. The lowest BCUT2D eigenvalue weighted by atomic mass is 9.98. The second-order valence-electron chi connectivity index (χ2n) is 8.04. The Kier molecular flexibility index (Phi) is 5.41. The van der Waals surface area contributed by atoms with Crippen LogP contribution in [0, 0.1) is 0 Å². The lowest BCUT2D eigenvalue weighted by Gasteiger charge is -2.41. The number of ether oxygens (including phenoxy) is 2. The number of carbonyl (C=O) groups is 2. The molecule has 3 rings (SSSR count). The topological polar surface area (TPSA) is 89.5 Å². The van der Waals surface area contributed by atoms with E-state index in [9.17, 15) is 9.59 Å². The summed E-state index contributed by atoms with van der Waals surface area (Å²) >= 11 is 0. The number of hydrogen-bond acceptors (Lipinski definition) is 5. The number of alkyl carbamates (subject to hydrolysis) is 1. The molecule has 0 aromatic rings. The Hall–Kier alpha value is -2.09.